The first-order chi connectivity index (χ1) is 14.9. The molecule has 8 nitrogen and oxygen atoms in total. The summed E-state index contributed by atoms with van der Waals surface area (Å²) >= 11 is 0. The number of nitro benzene ring substituents is 1. The number of aromatic nitrogens is 2. The number of nitrogens with zero attached hydrogens (tertiary/aromatic N) is 5. The maximum Gasteiger partial charge on any atom is 0.271 e. The van der Waals surface area contributed by atoms with E-state index in [0.29, 0.717) is 36.2 Å². The van der Waals surface area contributed by atoms with Crippen molar-refractivity contribution in [2.24, 2.45) is 0 Å². The lowest BCUT2D eigenvalue weighted by atomic mass is 10.1. The van der Waals surface area contributed by atoms with Crippen molar-refractivity contribution in [1.29, 1.82) is 0 Å². The number of halogens is 1. The van der Waals surface area contributed by atoms with E-state index in [-0.39, 0.29) is 17.1 Å². The Bertz CT molecular complexity index is 1150. The molecule has 1 aliphatic rings. The fourth-order valence-corrected chi connectivity index (χ4v) is 3.82. The number of piperazine rings is 1. The zero-order chi connectivity index (χ0) is 22.0. The second kappa shape index (κ2) is 8.91. The Labute approximate surface area is 178 Å². The number of hydrogen-bond acceptors (Lipinski definition) is 6. The first kappa shape index (κ1) is 21.1. The summed E-state index contributed by atoms with van der Waals surface area (Å²) in [7, 11) is 2.07. The Balaban J connectivity index is 1.70. The predicted octanol–water partition coefficient (Wildman–Crippen LogP) is 2.43. The van der Waals surface area contributed by atoms with Crippen molar-refractivity contribution in [2.75, 3.05) is 33.2 Å². The summed E-state index contributed by atoms with van der Waals surface area (Å²) in [5.74, 6) is 0.287. The van der Waals surface area contributed by atoms with E-state index in [0.717, 1.165) is 31.7 Å². The highest BCUT2D eigenvalue weighted by atomic mass is 19.1. The minimum atomic E-state index is -0.485. The summed E-state index contributed by atoms with van der Waals surface area (Å²) in [6.45, 7) is 4.46. The molecule has 0 radical (unpaired) electrons. The second-order valence-electron chi connectivity index (χ2n) is 7.90. The summed E-state index contributed by atoms with van der Waals surface area (Å²) in [4.78, 5) is 33.1. The molecule has 1 saturated heterocycles. The molecule has 1 aliphatic heterocycles. The molecule has 0 atom stereocenters. The third-order valence-corrected chi connectivity index (χ3v) is 5.73. The molecule has 0 unspecified atom stereocenters. The highest BCUT2D eigenvalue weighted by molar-refractivity contribution is 5.80. The summed E-state index contributed by atoms with van der Waals surface area (Å²) in [6.07, 6.45) is 0.552. The summed E-state index contributed by atoms with van der Waals surface area (Å²) in [5.41, 5.74) is 0.948. The number of benzene rings is 2. The molecule has 0 N–H and O–H groups in total. The van der Waals surface area contributed by atoms with Gasteiger partial charge in [0.25, 0.3) is 11.2 Å². The molecule has 1 fully saturated rings. The minimum absolute atomic E-state index is 0.0889. The van der Waals surface area contributed by atoms with E-state index in [9.17, 15) is 19.3 Å². The molecule has 0 bridgehead atoms. The standard InChI is InChI=1S/C22H24FN5O3/c1-25-10-12-26(13-11-25)15-21-24-20-14-18(28(30)31)6-7-19(20)22(29)27(21)9-8-16-2-4-17(23)5-3-16/h2-7,14H,8-13,15H2,1H3. The van der Waals surface area contributed by atoms with Gasteiger partial charge in [-0.1, -0.05) is 12.1 Å². The van der Waals surface area contributed by atoms with Crippen molar-refractivity contribution in [3.05, 3.63) is 80.1 Å². The van der Waals surface area contributed by atoms with Gasteiger partial charge in [-0.25, -0.2) is 9.37 Å². The average Bonchev–Trinajstić information content (AvgIpc) is 2.76. The molecule has 0 aliphatic carbocycles. The lowest BCUT2D eigenvalue weighted by Crippen LogP contribution is -2.44. The Morgan fingerprint density at radius 1 is 1.10 bits per heavy atom. The molecule has 0 saturated carbocycles. The third-order valence-electron chi connectivity index (χ3n) is 5.73. The van der Waals surface area contributed by atoms with E-state index in [1.54, 1.807) is 16.7 Å². The van der Waals surface area contributed by atoms with Gasteiger partial charge in [-0.3, -0.25) is 24.4 Å². The van der Waals surface area contributed by atoms with Gasteiger partial charge in [-0.2, -0.15) is 0 Å². The molecule has 9 heteroatoms. The van der Waals surface area contributed by atoms with Crippen LogP contribution in [0.25, 0.3) is 10.9 Å². The number of hydrogen-bond donors (Lipinski definition) is 0. The quantitative estimate of drug-likeness (QED) is 0.446. The lowest BCUT2D eigenvalue weighted by molar-refractivity contribution is -0.384. The van der Waals surface area contributed by atoms with Gasteiger partial charge in [0.15, 0.2) is 0 Å². The highest BCUT2D eigenvalue weighted by Crippen LogP contribution is 2.18. The van der Waals surface area contributed by atoms with E-state index in [1.807, 2.05) is 0 Å². The van der Waals surface area contributed by atoms with Crippen LogP contribution in [0.5, 0.6) is 0 Å². The molecular weight excluding hydrogens is 401 g/mol. The molecule has 2 heterocycles. The Morgan fingerprint density at radius 3 is 2.48 bits per heavy atom. The number of fused-ring (bicyclic) bond motifs is 1. The van der Waals surface area contributed by atoms with Crippen LogP contribution >= 0.6 is 0 Å². The van der Waals surface area contributed by atoms with Crippen molar-refractivity contribution < 1.29 is 9.31 Å². The highest BCUT2D eigenvalue weighted by Gasteiger charge is 2.19. The van der Waals surface area contributed by atoms with Crippen LogP contribution in [-0.4, -0.2) is 57.5 Å². The monoisotopic (exact) mass is 425 g/mol. The molecule has 0 amide bonds. The van der Waals surface area contributed by atoms with Crippen molar-refractivity contribution in [3.63, 3.8) is 0 Å². The average molecular weight is 425 g/mol. The molecule has 3 aromatic rings. The van der Waals surface area contributed by atoms with Crippen LogP contribution in [0.15, 0.2) is 47.3 Å². The van der Waals surface area contributed by atoms with Gasteiger partial charge in [0.05, 0.1) is 22.4 Å². The molecule has 162 valence electrons. The number of nitro groups is 1. The molecule has 31 heavy (non-hydrogen) atoms. The van der Waals surface area contributed by atoms with Crippen LogP contribution in [0.3, 0.4) is 0 Å². The molecule has 4 rings (SSSR count). The number of likely N-dealkylation sites (N-methyl/N-ethyl adjacent to an activating group) is 1. The molecule has 0 spiro atoms. The summed E-state index contributed by atoms with van der Waals surface area (Å²) < 4.78 is 14.9. The zero-order valence-corrected chi connectivity index (χ0v) is 17.3. The van der Waals surface area contributed by atoms with Crippen LogP contribution in [0.2, 0.25) is 0 Å². The van der Waals surface area contributed by atoms with E-state index >= 15 is 0 Å². The van der Waals surface area contributed by atoms with Gasteiger partial charge in [0, 0.05) is 44.9 Å². The maximum absolute atomic E-state index is 13.3. The van der Waals surface area contributed by atoms with Crippen molar-refractivity contribution in [2.45, 2.75) is 19.5 Å². The normalized spacial score (nSPS) is 15.4. The summed E-state index contributed by atoms with van der Waals surface area (Å²) in [5, 5.41) is 11.5. The SMILES string of the molecule is CN1CCN(Cc2nc3cc([N+](=O)[O-])ccc3c(=O)n2CCc2ccc(F)cc2)CC1. The second-order valence-corrected chi connectivity index (χ2v) is 7.90. The van der Waals surface area contributed by atoms with Crippen LogP contribution in [0.1, 0.15) is 11.4 Å². The van der Waals surface area contributed by atoms with Crippen molar-refractivity contribution in [3.8, 4) is 0 Å². The Morgan fingerprint density at radius 2 is 1.81 bits per heavy atom. The topological polar surface area (TPSA) is 84.5 Å². The molecule has 2 aromatic carbocycles. The molecule has 1 aromatic heterocycles. The summed E-state index contributed by atoms with van der Waals surface area (Å²) in [6, 6.07) is 10.4. The first-order valence-corrected chi connectivity index (χ1v) is 10.2. The van der Waals surface area contributed by atoms with Gasteiger partial charge in [0.1, 0.15) is 11.6 Å². The van der Waals surface area contributed by atoms with E-state index < -0.39 is 4.92 Å². The van der Waals surface area contributed by atoms with Crippen molar-refractivity contribution in [1.82, 2.24) is 19.4 Å². The predicted molar refractivity (Wildman–Crippen MR) is 116 cm³/mol. The minimum Gasteiger partial charge on any atom is -0.304 e. The number of non-ortho nitro benzene ring substituents is 1. The fraction of sp³-hybridized carbons (Fsp3) is 0.364. The van der Waals surface area contributed by atoms with Gasteiger partial charge in [0.2, 0.25) is 0 Å². The van der Waals surface area contributed by atoms with Gasteiger partial charge in [-0.05, 0) is 37.2 Å². The smallest absolute Gasteiger partial charge is 0.271 e. The third kappa shape index (κ3) is 4.78. The maximum atomic E-state index is 13.3. The first-order valence-electron chi connectivity index (χ1n) is 10.2. The number of rotatable bonds is 6. The van der Waals surface area contributed by atoms with E-state index in [1.165, 1.54) is 30.3 Å². The lowest BCUT2D eigenvalue weighted by Gasteiger charge is -2.32. The van der Waals surface area contributed by atoms with Crippen molar-refractivity contribution >= 4 is 16.6 Å². The van der Waals surface area contributed by atoms with Crippen LogP contribution < -0.4 is 5.56 Å². The fourth-order valence-electron chi connectivity index (χ4n) is 3.82. The Hall–Kier alpha value is -3.17. The van der Waals surface area contributed by atoms with Gasteiger partial charge < -0.3 is 4.90 Å². The van der Waals surface area contributed by atoms with Gasteiger partial charge in [-0.15, -0.1) is 0 Å². The van der Waals surface area contributed by atoms with Crippen LogP contribution in [0, 0.1) is 15.9 Å². The van der Waals surface area contributed by atoms with Crippen LogP contribution in [0.4, 0.5) is 10.1 Å². The number of aryl methyl sites for hydroxylation is 1. The Kier molecular flexibility index (Phi) is 6.06. The van der Waals surface area contributed by atoms with Crippen LogP contribution in [-0.2, 0) is 19.5 Å². The van der Waals surface area contributed by atoms with Gasteiger partial charge >= 0.3 is 0 Å². The van der Waals surface area contributed by atoms with E-state index in [4.69, 9.17) is 0 Å². The molecular formula is C22H24FN5O3. The largest absolute Gasteiger partial charge is 0.304 e. The van der Waals surface area contributed by atoms with E-state index in [2.05, 4.69) is 21.8 Å². The zero-order valence-electron chi connectivity index (χ0n) is 17.3.